The van der Waals surface area contributed by atoms with Crippen LogP contribution in [-0.4, -0.2) is 27.9 Å². The molecule has 2 rings (SSSR count). The van der Waals surface area contributed by atoms with Gasteiger partial charge >= 0.3 is 0 Å². The first-order valence-corrected chi connectivity index (χ1v) is 14.6. The second-order valence-corrected chi connectivity index (χ2v) is 14.7. The van der Waals surface area contributed by atoms with E-state index in [1.54, 1.807) is 24.3 Å². The Morgan fingerprint density at radius 3 is 1.36 bits per heavy atom. The van der Waals surface area contributed by atoms with E-state index in [0.29, 0.717) is 23.1 Å². The zero-order valence-corrected chi connectivity index (χ0v) is 25.0. The predicted octanol–water partition coefficient (Wildman–Crippen LogP) is 6.81. The molecule has 0 aliphatic heterocycles. The third-order valence-corrected chi connectivity index (χ3v) is 8.25. The number of hydrogen-bond acceptors (Lipinski definition) is 4. The number of aromatic nitrogens is 2. The third kappa shape index (κ3) is 11.8. The van der Waals surface area contributed by atoms with E-state index in [1.807, 2.05) is 65.8 Å². The summed E-state index contributed by atoms with van der Waals surface area (Å²) in [5, 5.41) is 0.870. The average molecular weight is 574 g/mol. The van der Waals surface area contributed by atoms with Crippen molar-refractivity contribution in [2.75, 3.05) is 0 Å². The van der Waals surface area contributed by atoms with E-state index in [2.05, 4.69) is 32.6 Å². The molecule has 4 atom stereocenters. The van der Waals surface area contributed by atoms with Crippen molar-refractivity contribution in [3.05, 3.63) is 83.4 Å². The van der Waals surface area contributed by atoms with Crippen molar-refractivity contribution in [3.8, 4) is 0 Å². The highest BCUT2D eigenvalue weighted by Crippen LogP contribution is 2.22. The molecule has 0 radical (unpaired) electrons. The van der Waals surface area contributed by atoms with E-state index in [9.17, 15) is 8.42 Å². The summed E-state index contributed by atoms with van der Waals surface area (Å²) in [6, 6.07) is 10.6. The summed E-state index contributed by atoms with van der Waals surface area (Å²) < 4.78 is 29.7. The Morgan fingerprint density at radius 2 is 1.11 bits per heavy atom. The van der Waals surface area contributed by atoms with Crippen LogP contribution in [0.25, 0.3) is 0 Å². The number of nitrogens with zero attached hydrogens (tertiary/aromatic N) is 2. The largest absolute Gasteiger partial charge is 0.242 e. The van der Waals surface area contributed by atoms with Gasteiger partial charge < -0.3 is 0 Å². The Hall–Kier alpha value is -1.42. The highest BCUT2D eigenvalue weighted by molar-refractivity contribution is 7.84. The molecule has 36 heavy (non-hydrogen) atoms. The van der Waals surface area contributed by atoms with Crippen LogP contribution in [0.4, 0.5) is 0 Å². The van der Waals surface area contributed by atoms with Crippen LogP contribution in [0.5, 0.6) is 0 Å². The maximum atomic E-state index is 12.1. The smallest absolute Gasteiger partial charge is 0.129 e. The van der Waals surface area contributed by atoms with Gasteiger partial charge in [0, 0.05) is 0 Å². The van der Waals surface area contributed by atoms with Gasteiger partial charge in [0.15, 0.2) is 0 Å². The Kier molecular flexibility index (Phi) is 13.7. The highest BCUT2D eigenvalue weighted by Gasteiger charge is 2.24. The molecule has 0 aromatic carbocycles. The van der Waals surface area contributed by atoms with Crippen LogP contribution in [0.3, 0.4) is 0 Å². The lowest BCUT2D eigenvalue weighted by atomic mass is 10.1. The summed E-state index contributed by atoms with van der Waals surface area (Å²) >= 11 is 11.7. The summed E-state index contributed by atoms with van der Waals surface area (Å²) in [5.74, 6) is 0. The first-order valence-electron chi connectivity index (χ1n) is 11.5. The average Bonchev–Trinajstić information content (AvgIpc) is 2.77. The van der Waals surface area contributed by atoms with Crippen molar-refractivity contribution in [1.29, 1.82) is 0 Å². The number of pyridine rings is 2. The topological polar surface area (TPSA) is 84.0 Å². The molecule has 0 amide bonds. The molecule has 0 bridgehead atoms. The number of rotatable bonds is 10. The fourth-order valence-corrected chi connectivity index (χ4v) is 4.64. The van der Waals surface area contributed by atoms with Gasteiger partial charge in [0.2, 0.25) is 0 Å². The SMILES string of the molecule is C=CC[C@@H](NS(=O)C(C)(C)C)c1cccc(Cl)n1.C=CC[C@H](NS(=O)C(C)(C)C)c1cccc(Cl)n1. The maximum absolute atomic E-state index is 12.1. The Labute approximate surface area is 231 Å². The van der Waals surface area contributed by atoms with Gasteiger partial charge in [-0.2, -0.15) is 0 Å². The molecule has 0 saturated heterocycles. The second-order valence-electron chi connectivity index (χ2n) is 9.92. The van der Waals surface area contributed by atoms with Gasteiger partial charge in [0.25, 0.3) is 0 Å². The van der Waals surface area contributed by atoms with Gasteiger partial charge in [-0.3, -0.25) is 0 Å². The molecule has 2 aromatic heterocycles. The fourth-order valence-electron chi connectivity index (χ4n) is 2.64. The Morgan fingerprint density at radius 1 is 0.778 bits per heavy atom. The third-order valence-electron chi connectivity index (χ3n) is 4.60. The van der Waals surface area contributed by atoms with E-state index in [-0.39, 0.29) is 21.6 Å². The van der Waals surface area contributed by atoms with E-state index < -0.39 is 22.0 Å². The normalized spacial score (nSPS) is 15.1. The minimum atomic E-state index is -1.16. The monoisotopic (exact) mass is 572 g/mol. The van der Waals surface area contributed by atoms with Crippen LogP contribution >= 0.6 is 23.2 Å². The molecular formula is C26H38Cl2N4O2S2. The molecule has 0 aliphatic carbocycles. The van der Waals surface area contributed by atoms with Gasteiger partial charge in [-0.25, -0.2) is 27.8 Å². The first kappa shape index (κ1) is 32.6. The Bertz CT molecular complexity index is 969. The van der Waals surface area contributed by atoms with Crippen LogP contribution in [-0.2, 0) is 22.0 Å². The predicted molar refractivity (Wildman–Crippen MR) is 156 cm³/mol. The van der Waals surface area contributed by atoms with E-state index in [4.69, 9.17) is 23.2 Å². The lowest BCUT2D eigenvalue weighted by Crippen LogP contribution is -2.35. The minimum absolute atomic E-state index is 0.138. The molecule has 2 N–H and O–H groups in total. The second kappa shape index (κ2) is 15.1. The lowest BCUT2D eigenvalue weighted by molar-refractivity contribution is 0.594. The van der Waals surface area contributed by atoms with E-state index in [1.165, 1.54) is 0 Å². The van der Waals surface area contributed by atoms with Crippen molar-refractivity contribution < 1.29 is 8.42 Å². The molecule has 0 aliphatic rings. The zero-order valence-electron chi connectivity index (χ0n) is 21.9. The van der Waals surface area contributed by atoms with Gasteiger partial charge in [-0.1, -0.05) is 47.5 Å². The molecule has 0 fully saturated rings. The number of halogens is 2. The van der Waals surface area contributed by atoms with Crippen LogP contribution in [0.2, 0.25) is 10.3 Å². The first-order chi connectivity index (χ1) is 16.7. The van der Waals surface area contributed by atoms with Crippen LogP contribution in [0.15, 0.2) is 61.7 Å². The molecule has 2 unspecified atom stereocenters. The summed E-state index contributed by atoms with van der Waals surface area (Å²) in [4.78, 5) is 8.50. The summed E-state index contributed by atoms with van der Waals surface area (Å²) in [7, 11) is -2.31. The van der Waals surface area contributed by atoms with Crippen LogP contribution in [0.1, 0.15) is 77.9 Å². The van der Waals surface area contributed by atoms with Crippen molar-refractivity contribution in [2.45, 2.75) is 76.0 Å². The summed E-state index contributed by atoms with van der Waals surface area (Å²) in [6.07, 6.45) is 4.85. The molecule has 10 heteroatoms. The molecule has 0 saturated carbocycles. The van der Waals surface area contributed by atoms with Crippen molar-refractivity contribution in [3.63, 3.8) is 0 Å². The zero-order chi connectivity index (χ0) is 27.5. The standard InChI is InChI=1S/2C13H19ClN2OS/c2*1-5-7-11(16-18(17)13(2,3)4)10-8-6-9-12(14)15-10/h2*5-6,8-9,11,16H,1,7H2,2-4H3/t2*11-,18?/m10/s1. The minimum Gasteiger partial charge on any atom is -0.242 e. The van der Waals surface area contributed by atoms with Gasteiger partial charge in [0.05, 0.1) is 54.9 Å². The quantitative estimate of drug-likeness (QED) is 0.242. The molecule has 2 heterocycles. The molecular weight excluding hydrogens is 535 g/mol. The highest BCUT2D eigenvalue weighted by atomic mass is 35.5. The van der Waals surface area contributed by atoms with Crippen LogP contribution < -0.4 is 9.44 Å². The van der Waals surface area contributed by atoms with E-state index in [0.717, 1.165) is 11.4 Å². The Balaban J connectivity index is 0.000000360. The summed E-state index contributed by atoms with van der Waals surface area (Å²) in [6.45, 7) is 19.0. The molecule has 2 aromatic rings. The van der Waals surface area contributed by atoms with Crippen molar-refractivity contribution in [1.82, 2.24) is 19.4 Å². The molecule has 200 valence electrons. The van der Waals surface area contributed by atoms with Gasteiger partial charge in [-0.15, -0.1) is 13.2 Å². The number of nitrogens with one attached hydrogen (secondary N) is 2. The molecule has 6 nitrogen and oxygen atoms in total. The van der Waals surface area contributed by atoms with E-state index >= 15 is 0 Å². The lowest BCUT2D eigenvalue weighted by Gasteiger charge is -2.23. The molecule has 0 spiro atoms. The fraction of sp³-hybridized carbons (Fsp3) is 0.462. The van der Waals surface area contributed by atoms with Crippen molar-refractivity contribution in [2.24, 2.45) is 0 Å². The maximum Gasteiger partial charge on any atom is 0.129 e. The summed E-state index contributed by atoms with van der Waals surface area (Å²) in [5.41, 5.74) is 1.56. The number of hydrogen-bond donors (Lipinski definition) is 2. The van der Waals surface area contributed by atoms with Gasteiger partial charge in [0.1, 0.15) is 10.3 Å². The van der Waals surface area contributed by atoms with Gasteiger partial charge in [-0.05, 0) is 78.6 Å². The van der Waals surface area contributed by atoms with Crippen LogP contribution in [0, 0.1) is 0 Å². The van der Waals surface area contributed by atoms with Crippen molar-refractivity contribution >= 4 is 45.2 Å².